The summed E-state index contributed by atoms with van der Waals surface area (Å²) in [6.45, 7) is 5.92. The summed E-state index contributed by atoms with van der Waals surface area (Å²) >= 11 is 5.98. The normalized spacial score (nSPS) is 14.7. The molecule has 0 saturated carbocycles. The molecule has 0 saturated heterocycles. The molecule has 0 aliphatic rings. The summed E-state index contributed by atoms with van der Waals surface area (Å²) in [7, 11) is 0. The van der Waals surface area contributed by atoms with Crippen LogP contribution in [-0.4, -0.2) is 29.3 Å². The van der Waals surface area contributed by atoms with Crippen molar-refractivity contribution in [2.75, 3.05) is 13.2 Å². The van der Waals surface area contributed by atoms with Gasteiger partial charge < -0.3 is 19.0 Å². The van der Waals surface area contributed by atoms with Crippen LogP contribution in [0.3, 0.4) is 0 Å². The van der Waals surface area contributed by atoms with Crippen LogP contribution in [0, 0.1) is 0 Å². The fourth-order valence-corrected chi connectivity index (χ4v) is 3.15. The van der Waals surface area contributed by atoms with Crippen molar-refractivity contribution < 1.29 is 23.8 Å². The molecular formula is C21H22ClNO5. The first kappa shape index (κ1) is 20.3. The van der Waals surface area contributed by atoms with Gasteiger partial charge in [0.05, 0.1) is 0 Å². The fraction of sp³-hybridized carbons (Fsp3) is 0.333. The zero-order valence-corrected chi connectivity index (χ0v) is 16.7. The molecule has 1 N–H and O–H groups in total. The molecule has 7 heteroatoms. The van der Waals surface area contributed by atoms with E-state index in [4.69, 9.17) is 25.5 Å². The van der Waals surface area contributed by atoms with E-state index in [0.29, 0.717) is 34.2 Å². The summed E-state index contributed by atoms with van der Waals surface area (Å²) in [4.78, 5) is 16.3. The molecule has 0 amide bonds. The third-order valence-electron chi connectivity index (χ3n) is 4.53. The molecule has 0 bridgehead atoms. The highest BCUT2D eigenvalue weighted by Gasteiger charge is 2.36. The number of oxazole rings is 1. The highest BCUT2D eigenvalue weighted by Crippen LogP contribution is 2.32. The Labute approximate surface area is 168 Å². The molecule has 2 unspecified atom stereocenters. The van der Waals surface area contributed by atoms with Gasteiger partial charge in [-0.1, -0.05) is 29.8 Å². The monoisotopic (exact) mass is 403 g/mol. The largest absolute Gasteiger partial charge is 0.479 e. The number of nitrogens with zero attached hydrogens (tertiary/aromatic N) is 1. The summed E-state index contributed by atoms with van der Waals surface area (Å²) in [5.74, 6) is -0.671. The predicted octanol–water partition coefficient (Wildman–Crippen LogP) is 4.94. The third-order valence-corrected chi connectivity index (χ3v) is 4.78. The van der Waals surface area contributed by atoms with Crippen LogP contribution in [0.1, 0.15) is 43.9 Å². The predicted molar refractivity (Wildman–Crippen MR) is 106 cm³/mol. The van der Waals surface area contributed by atoms with Crippen molar-refractivity contribution in [3.05, 3.63) is 64.5 Å². The van der Waals surface area contributed by atoms with Gasteiger partial charge >= 0.3 is 5.97 Å². The second kappa shape index (κ2) is 8.31. The topological polar surface area (TPSA) is 81.8 Å². The van der Waals surface area contributed by atoms with Crippen LogP contribution in [0.2, 0.25) is 5.02 Å². The third kappa shape index (κ3) is 3.90. The van der Waals surface area contributed by atoms with E-state index in [-0.39, 0.29) is 6.61 Å². The Morgan fingerprint density at radius 1 is 1.21 bits per heavy atom. The van der Waals surface area contributed by atoms with Gasteiger partial charge in [-0.3, -0.25) is 0 Å². The number of fused-ring (bicyclic) bond motifs is 1. The van der Waals surface area contributed by atoms with Crippen LogP contribution in [0.5, 0.6) is 0 Å². The molecule has 0 aliphatic heterocycles. The number of hydrogen-bond acceptors (Lipinski definition) is 5. The summed E-state index contributed by atoms with van der Waals surface area (Å²) in [6.07, 6.45) is -0.490. The van der Waals surface area contributed by atoms with E-state index in [0.717, 1.165) is 5.56 Å². The molecule has 28 heavy (non-hydrogen) atoms. The van der Waals surface area contributed by atoms with Crippen molar-refractivity contribution in [1.82, 2.24) is 4.98 Å². The maximum atomic E-state index is 11.8. The van der Waals surface area contributed by atoms with Crippen LogP contribution in [0.15, 0.2) is 46.9 Å². The van der Waals surface area contributed by atoms with Crippen molar-refractivity contribution >= 4 is 28.7 Å². The van der Waals surface area contributed by atoms with Crippen molar-refractivity contribution in [3.8, 4) is 0 Å². The number of halogens is 1. The van der Waals surface area contributed by atoms with Gasteiger partial charge in [-0.25, -0.2) is 9.78 Å². The van der Waals surface area contributed by atoms with Crippen LogP contribution < -0.4 is 0 Å². The second-order valence-electron chi connectivity index (χ2n) is 6.39. The lowest BCUT2D eigenvalue weighted by atomic mass is 9.95. The minimum Gasteiger partial charge on any atom is -0.479 e. The molecule has 0 aliphatic carbocycles. The number of rotatable bonds is 8. The van der Waals surface area contributed by atoms with Gasteiger partial charge in [-0.15, -0.1) is 0 Å². The lowest BCUT2D eigenvalue weighted by molar-refractivity contribution is -0.164. The quantitative estimate of drug-likeness (QED) is 0.573. The van der Waals surface area contributed by atoms with Gasteiger partial charge in [0.2, 0.25) is 5.89 Å². The maximum absolute atomic E-state index is 11.8. The Balaban J connectivity index is 2.03. The van der Waals surface area contributed by atoms with E-state index in [9.17, 15) is 9.90 Å². The molecule has 3 aromatic rings. The SMILES string of the molecule is CCOC(c1ccc(Cl)cc1)c1nc2cc(C(C)(OCC)C(=O)O)ccc2o1. The minimum atomic E-state index is -1.46. The Kier molecular flexibility index (Phi) is 6.03. The number of benzene rings is 2. The molecule has 2 atom stereocenters. The standard InChI is InChI=1S/C21H22ClNO5/c1-4-26-18(13-6-9-15(22)10-7-13)19-23-16-12-14(8-11-17(16)28-19)21(3,20(24)25)27-5-2/h6-12,18H,4-5H2,1-3H3,(H,24,25). The molecule has 2 aromatic carbocycles. The summed E-state index contributed by atoms with van der Waals surface area (Å²) in [5, 5.41) is 10.3. The molecule has 0 fully saturated rings. The van der Waals surface area contributed by atoms with Crippen molar-refractivity contribution in [2.24, 2.45) is 0 Å². The first-order chi connectivity index (χ1) is 13.4. The van der Waals surface area contributed by atoms with Gasteiger partial charge in [0.1, 0.15) is 5.52 Å². The number of carboxylic acid groups (broad SMARTS) is 1. The van der Waals surface area contributed by atoms with Crippen molar-refractivity contribution in [2.45, 2.75) is 32.5 Å². The average Bonchev–Trinajstić information content (AvgIpc) is 3.09. The molecule has 1 heterocycles. The van der Waals surface area contributed by atoms with E-state index in [1.165, 1.54) is 6.92 Å². The number of ether oxygens (including phenoxy) is 2. The van der Waals surface area contributed by atoms with Gasteiger partial charge in [0, 0.05) is 18.2 Å². The molecule has 1 aromatic heterocycles. The number of carbonyl (C=O) groups is 1. The van der Waals surface area contributed by atoms with Crippen LogP contribution in [0.4, 0.5) is 0 Å². The Morgan fingerprint density at radius 3 is 2.54 bits per heavy atom. The second-order valence-corrected chi connectivity index (χ2v) is 6.83. The van der Waals surface area contributed by atoms with Crippen LogP contribution >= 0.6 is 11.6 Å². The fourth-order valence-electron chi connectivity index (χ4n) is 3.03. The number of aromatic nitrogens is 1. The molecule has 3 rings (SSSR count). The maximum Gasteiger partial charge on any atom is 0.340 e. The van der Waals surface area contributed by atoms with Gasteiger partial charge in [-0.2, -0.15) is 0 Å². The molecule has 0 radical (unpaired) electrons. The van der Waals surface area contributed by atoms with Crippen molar-refractivity contribution in [3.63, 3.8) is 0 Å². The van der Waals surface area contributed by atoms with Crippen molar-refractivity contribution in [1.29, 1.82) is 0 Å². The highest BCUT2D eigenvalue weighted by atomic mass is 35.5. The van der Waals surface area contributed by atoms with Gasteiger partial charge in [-0.05, 0) is 56.2 Å². The molecule has 0 spiro atoms. The smallest absolute Gasteiger partial charge is 0.340 e. The van der Waals surface area contributed by atoms with Gasteiger partial charge in [0.25, 0.3) is 0 Å². The van der Waals surface area contributed by atoms with E-state index in [2.05, 4.69) is 4.98 Å². The average molecular weight is 404 g/mol. The summed E-state index contributed by atoms with van der Waals surface area (Å²) < 4.78 is 17.2. The van der Waals surface area contributed by atoms with E-state index >= 15 is 0 Å². The first-order valence-electron chi connectivity index (χ1n) is 9.04. The summed E-state index contributed by atoms with van der Waals surface area (Å²) in [5.41, 5.74) is 0.980. The number of aliphatic carboxylic acids is 1. The minimum absolute atomic E-state index is 0.272. The molecule has 148 valence electrons. The molecule has 6 nitrogen and oxygen atoms in total. The number of carboxylic acids is 1. The van der Waals surface area contributed by atoms with E-state index in [1.54, 1.807) is 37.3 Å². The van der Waals surface area contributed by atoms with Crippen LogP contribution in [-0.2, 0) is 19.9 Å². The number of hydrogen-bond donors (Lipinski definition) is 1. The Bertz CT molecular complexity index is 969. The van der Waals surface area contributed by atoms with E-state index in [1.807, 2.05) is 19.1 Å². The van der Waals surface area contributed by atoms with Gasteiger partial charge in [0.15, 0.2) is 17.3 Å². The lowest BCUT2D eigenvalue weighted by Gasteiger charge is -2.24. The molecular weight excluding hydrogens is 382 g/mol. The van der Waals surface area contributed by atoms with Crippen LogP contribution in [0.25, 0.3) is 11.1 Å². The lowest BCUT2D eigenvalue weighted by Crippen LogP contribution is -2.35. The Morgan fingerprint density at radius 2 is 1.93 bits per heavy atom. The summed E-state index contributed by atoms with van der Waals surface area (Å²) in [6, 6.07) is 12.3. The first-order valence-corrected chi connectivity index (χ1v) is 9.42. The zero-order chi connectivity index (χ0) is 20.3. The Hall–Kier alpha value is -2.41. The highest BCUT2D eigenvalue weighted by molar-refractivity contribution is 6.30. The van der Waals surface area contributed by atoms with E-state index < -0.39 is 17.7 Å². The zero-order valence-electron chi connectivity index (χ0n) is 15.9.